The summed E-state index contributed by atoms with van der Waals surface area (Å²) < 4.78 is 31.4. The Hall–Kier alpha value is -2.50. The summed E-state index contributed by atoms with van der Waals surface area (Å²) in [4.78, 5) is 15.9. The third kappa shape index (κ3) is 4.24. The molecule has 0 aliphatic carbocycles. The van der Waals surface area contributed by atoms with Crippen LogP contribution in [0.1, 0.15) is 12.6 Å². The summed E-state index contributed by atoms with van der Waals surface area (Å²) in [6.07, 6.45) is 0.712. The van der Waals surface area contributed by atoms with Crippen LogP contribution in [0.4, 0.5) is 8.78 Å². The second-order valence-corrected chi connectivity index (χ2v) is 4.37. The number of ether oxygens (including phenoxy) is 1. The zero-order valence-corrected chi connectivity index (χ0v) is 11.3. The molecule has 0 radical (unpaired) electrons. The molecule has 0 unspecified atom stereocenters. The minimum Gasteiger partial charge on any atom is -0.478 e. The Morgan fingerprint density at radius 1 is 1.33 bits per heavy atom. The molecule has 0 aliphatic heterocycles. The predicted octanol–water partition coefficient (Wildman–Crippen LogP) is 2.44. The number of nitrogens with one attached hydrogen (secondary N) is 1. The average molecular weight is 292 g/mol. The Morgan fingerprint density at radius 2 is 2.14 bits per heavy atom. The van der Waals surface area contributed by atoms with Gasteiger partial charge >= 0.3 is 0 Å². The summed E-state index contributed by atoms with van der Waals surface area (Å²) in [5, 5.41) is 2.63. The first kappa shape index (κ1) is 14.9. The minimum atomic E-state index is -0.909. The minimum absolute atomic E-state index is 0.170. The largest absolute Gasteiger partial charge is 0.478 e. The summed E-state index contributed by atoms with van der Waals surface area (Å²) in [5.74, 6) is -2.13. The normalized spacial score (nSPS) is 11.8. The van der Waals surface area contributed by atoms with Crippen molar-refractivity contribution < 1.29 is 18.3 Å². The Balaban J connectivity index is 1.90. The molecule has 0 aliphatic rings. The van der Waals surface area contributed by atoms with E-state index in [1.54, 1.807) is 18.3 Å². The molecule has 2 rings (SSSR count). The number of halogens is 2. The SMILES string of the molecule is C[C@H](Oc1ccc(F)cc1F)C(=O)NCc1ccccn1. The standard InChI is InChI=1S/C15H14F2N2O2/c1-10(21-14-6-5-11(16)8-13(14)17)15(20)19-9-12-4-2-3-7-18-12/h2-8,10H,9H2,1H3,(H,19,20)/t10-/m0/s1. The second-order valence-electron chi connectivity index (χ2n) is 4.37. The molecule has 1 aromatic carbocycles. The molecule has 0 saturated heterocycles. The van der Waals surface area contributed by atoms with Crippen LogP contribution in [0.25, 0.3) is 0 Å². The van der Waals surface area contributed by atoms with E-state index in [2.05, 4.69) is 10.3 Å². The van der Waals surface area contributed by atoms with E-state index in [-0.39, 0.29) is 12.3 Å². The maximum atomic E-state index is 13.4. The van der Waals surface area contributed by atoms with Crippen LogP contribution in [0.15, 0.2) is 42.6 Å². The molecule has 1 N–H and O–H groups in total. The monoisotopic (exact) mass is 292 g/mol. The molecular formula is C15H14F2N2O2. The van der Waals surface area contributed by atoms with Gasteiger partial charge < -0.3 is 10.1 Å². The van der Waals surface area contributed by atoms with Crippen molar-refractivity contribution in [3.8, 4) is 5.75 Å². The molecule has 0 fully saturated rings. The topological polar surface area (TPSA) is 51.2 Å². The van der Waals surface area contributed by atoms with E-state index in [4.69, 9.17) is 4.74 Å². The summed E-state index contributed by atoms with van der Waals surface area (Å²) in [7, 11) is 0. The van der Waals surface area contributed by atoms with E-state index >= 15 is 0 Å². The number of carbonyl (C=O) groups excluding carboxylic acids is 1. The smallest absolute Gasteiger partial charge is 0.261 e. The van der Waals surface area contributed by atoms with Crippen molar-refractivity contribution in [1.29, 1.82) is 0 Å². The van der Waals surface area contributed by atoms with Crippen molar-refractivity contribution in [3.05, 3.63) is 59.9 Å². The number of rotatable bonds is 5. The van der Waals surface area contributed by atoms with Crippen molar-refractivity contribution >= 4 is 5.91 Å². The van der Waals surface area contributed by atoms with Crippen LogP contribution in [-0.4, -0.2) is 17.0 Å². The highest BCUT2D eigenvalue weighted by molar-refractivity contribution is 5.80. The number of hydrogen-bond donors (Lipinski definition) is 1. The lowest BCUT2D eigenvalue weighted by Gasteiger charge is -2.15. The predicted molar refractivity (Wildman–Crippen MR) is 72.5 cm³/mol. The number of carbonyl (C=O) groups is 1. The number of pyridine rings is 1. The number of nitrogens with zero attached hydrogens (tertiary/aromatic N) is 1. The lowest BCUT2D eigenvalue weighted by Crippen LogP contribution is -2.36. The average Bonchev–Trinajstić information content (AvgIpc) is 2.48. The quantitative estimate of drug-likeness (QED) is 0.921. The first-order valence-corrected chi connectivity index (χ1v) is 6.35. The van der Waals surface area contributed by atoms with Crippen LogP contribution in [-0.2, 0) is 11.3 Å². The van der Waals surface area contributed by atoms with Crippen LogP contribution in [0.3, 0.4) is 0 Å². The Kier molecular flexibility index (Phi) is 4.81. The van der Waals surface area contributed by atoms with E-state index < -0.39 is 23.6 Å². The highest BCUT2D eigenvalue weighted by Crippen LogP contribution is 2.18. The molecule has 2 aromatic rings. The number of benzene rings is 1. The highest BCUT2D eigenvalue weighted by Gasteiger charge is 2.16. The van der Waals surface area contributed by atoms with Crippen LogP contribution in [0.5, 0.6) is 5.75 Å². The molecular weight excluding hydrogens is 278 g/mol. The molecule has 1 amide bonds. The van der Waals surface area contributed by atoms with Crippen molar-refractivity contribution in [2.24, 2.45) is 0 Å². The van der Waals surface area contributed by atoms with Crippen LogP contribution < -0.4 is 10.1 Å². The van der Waals surface area contributed by atoms with Gasteiger partial charge in [-0.15, -0.1) is 0 Å². The van der Waals surface area contributed by atoms with Crippen LogP contribution >= 0.6 is 0 Å². The van der Waals surface area contributed by atoms with E-state index in [9.17, 15) is 13.6 Å². The van der Waals surface area contributed by atoms with Crippen molar-refractivity contribution in [3.63, 3.8) is 0 Å². The molecule has 110 valence electrons. The van der Waals surface area contributed by atoms with Crippen molar-refractivity contribution in [2.45, 2.75) is 19.6 Å². The van der Waals surface area contributed by atoms with Gasteiger partial charge in [0.25, 0.3) is 5.91 Å². The zero-order valence-electron chi connectivity index (χ0n) is 11.3. The first-order valence-electron chi connectivity index (χ1n) is 6.35. The van der Waals surface area contributed by atoms with Crippen LogP contribution in [0, 0.1) is 11.6 Å². The number of amides is 1. The van der Waals surface area contributed by atoms with Gasteiger partial charge in [0.05, 0.1) is 12.2 Å². The zero-order chi connectivity index (χ0) is 15.2. The Labute approximate surface area is 120 Å². The number of aromatic nitrogens is 1. The fourth-order valence-electron chi connectivity index (χ4n) is 1.64. The Morgan fingerprint density at radius 3 is 2.81 bits per heavy atom. The van der Waals surface area contributed by atoms with Gasteiger partial charge in [-0.1, -0.05) is 6.07 Å². The van der Waals surface area contributed by atoms with Crippen molar-refractivity contribution in [1.82, 2.24) is 10.3 Å². The van der Waals surface area contributed by atoms with Crippen molar-refractivity contribution in [2.75, 3.05) is 0 Å². The molecule has 1 aromatic heterocycles. The maximum Gasteiger partial charge on any atom is 0.261 e. The fraction of sp³-hybridized carbons (Fsp3) is 0.200. The number of hydrogen-bond acceptors (Lipinski definition) is 3. The maximum absolute atomic E-state index is 13.4. The van der Waals surface area contributed by atoms with Gasteiger partial charge in [0.2, 0.25) is 0 Å². The summed E-state index contributed by atoms with van der Waals surface area (Å²) in [6.45, 7) is 1.73. The van der Waals surface area contributed by atoms with E-state index in [1.165, 1.54) is 6.92 Å². The lowest BCUT2D eigenvalue weighted by atomic mass is 10.3. The Bertz CT molecular complexity index is 620. The molecule has 0 spiro atoms. The third-order valence-corrected chi connectivity index (χ3v) is 2.74. The molecule has 1 atom stereocenters. The fourth-order valence-corrected chi connectivity index (χ4v) is 1.64. The molecule has 0 saturated carbocycles. The highest BCUT2D eigenvalue weighted by atomic mass is 19.1. The lowest BCUT2D eigenvalue weighted by molar-refractivity contribution is -0.127. The molecule has 21 heavy (non-hydrogen) atoms. The van der Waals surface area contributed by atoms with E-state index in [0.717, 1.165) is 12.1 Å². The third-order valence-electron chi connectivity index (χ3n) is 2.74. The van der Waals surface area contributed by atoms with Gasteiger partial charge in [-0.05, 0) is 31.2 Å². The van der Waals surface area contributed by atoms with E-state index in [0.29, 0.717) is 11.8 Å². The summed E-state index contributed by atoms with van der Waals surface area (Å²) in [6, 6.07) is 8.26. The molecule has 4 nitrogen and oxygen atoms in total. The van der Waals surface area contributed by atoms with Gasteiger partial charge in [-0.25, -0.2) is 8.78 Å². The second kappa shape index (κ2) is 6.78. The molecule has 0 bridgehead atoms. The summed E-state index contributed by atoms with van der Waals surface area (Å²) in [5.41, 5.74) is 0.700. The van der Waals surface area contributed by atoms with Crippen LogP contribution in [0.2, 0.25) is 0 Å². The van der Waals surface area contributed by atoms with Gasteiger partial charge in [0.15, 0.2) is 17.7 Å². The van der Waals surface area contributed by atoms with Gasteiger partial charge in [-0.2, -0.15) is 0 Å². The molecule has 1 heterocycles. The molecule has 6 heteroatoms. The first-order chi connectivity index (χ1) is 10.1. The summed E-state index contributed by atoms with van der Waals surface area (Å²) >= 11 is 0. The van der Waals surface area contributed by atoms with Gasteiger partial charge in [-0.3, -0.25) is 9.78 Å². The van der Waals surface area contributed by atoms with Gasteiger partial charge in [0, 0.05) is 12.3 Å². The van der Waals surface area contributed by atoms with E-state index in [1.807, 2.05) is 6.07 Å². The van der Waals surface area contributed by atoms with Gasteiger partial charge in [0.1, 0.15) is 5.82 Å².